The van der Waals surface area contributed by atoms with Crippen LogP contribution in [0.3, 0.4) is 0 Å². The molecular weight excluding hydrogens is 498 g/mol. The molecule has 0 radical (unpaired) electrons. The standard InChI is InChI=1S/C18H29FN4O3S.HI/c1-18(2,15-5-4-6-16(19)13-15)14-22-17(20-3)21-7-12-27(24,25)23-8-10-26-11-9-23;/h4-6,13H,7-12,14H2,1-3H3,(H2,20,21,22);1H. The number of hydrogen-bond donors (Lipinski definition) is 2. The van der Waals surface area contributed by atoms with Crippen molar-refractivity contribution in [2.75, 3.05) is 52.2 Å². The van der Waals surface area contributed by atoms with Crippen LogP contribution in [-0.4, -0.2) is 70.9 Å². The summed E-state index contributed by atoms with van der Waals surface area (Å²) < 4.78 is 44.8. The molecule has 0 atom stereocenters. The number of guanidine groups is 1. The van der Waals surface area contributed by atoms with Crippen molar-refractivity contribution in [2.24, 2.45) is 4.99 Å². The van der Waals surface area contributed by atoms with Crippen LogP contribution < -0.4 is 10.6 Å². The lowest BCUT2D eigenvalue weighted by atomic mass is 9.84. The highest BCUT2D eigenvalue weighted by Gasteiger charge is 2.24. The van der Waals surface area contributed by atoms with Gasteiger partial charge in [-0.05, 0) is 17.7 Å². The first-order chi connectivity index (χ1) is 12.7. The van der Waals surface area contributed by atoms with E-state index in [2.05, 4.69) is 15.6 Å². The van der Waals surface area contributed by atoms with Crippen LogP contribution in [0.4, 0.5) is 4.39 Å². The van der Waals surface area contributed by atoms with E-state index in [4.69, 9.17) is 4.74 Å². The maximum Gasteiger partial charge on any atom is 0.215 e. The zero-order chi connectivity index (χ0) is 19.9. The Kier molecular flexibility index (Phi) is 10.1. The summed E-state index contributed by atoms with van der Waals surface area (Å²) in [6, 6.07) is 6.51. The first-order valence-electron chi connectivity index (χ1n) is 9.01. The van der Waals surface area contributed by atoms with Crippen molar-refractivity contribution >= 4 is 40.0 Å². The third-order valence-corrected chi connectivity index (χ3v) is 6.42. The van der Waals surface area contributed by atoms with E-state index in [1.54, 1.807) is 13.1 Å². The molecular formula is C18H30FIN4O3S. The van der Waals surface area contributed by atoms with Crippen molar-refractivity contribution in [1.82, 2.24) is 14.9 Å². The third kappa shape index (κ3) is 7.45. The average molecular weight is 528 g/mol. The van der Waals surface area contributed by atoms with Gasteiger partial charge in [0.1, 0.15) is 5.82 Å². The summed E-state index contributed by atoms with van der Waals surface area (Å²) in [6.07, 6.45) is 0. The summed E-state index contributed by atoms with van der Waals surface area (Å²) >= 11 is 0. The monoisotopic (exact) mass is 528 g/mol. The Morgan fingerprint density at radius 3 is 2.57 bits per heavy atom. The zero-order valence-electron chi connectivity index (χ0n) is 16.6. The van der Waals surface area contributed by atoms with E-state index in [0.717, 1.165) is 5.56 Å². The zero-order valence-corrected chi connectivity index (χ0v) is 19.7. The Balaban J connectivity index is 0.00000392. The summed E-state index contributed by atoms with van der Waals surface area (Å²) in [5.74, 6) is 0.231. The Hall–Kier alpha value is -0.980. The van der Waals surface area contributed by atoms with Gasteiger partial charge in [0, 0.05) is 38.6 Å². The quantitative estimate of drug-likeness (QED) is 0.319. The number of sulfonamides is 1. The van der Waals surface area contributed by atoms with E-state index >= 15 is 0 Å². The van der Waals surface area contributed by atoms with E-state index in [1.807, 2.05) is 19.9 Å². The van der Waals surface area contributed by atoms with Gasteiger partial charge in [-0.2, -0.15) is 4.31 Å². The van der Waals surface area contributed by atoms with E-state index < -0.39 is 10.0 Å². The van der Waals surface area contributed by atoms with E-state index in [-0.39, 0.29) is 47.5 Å². The summed E-state index contributed by atoms with van der Waals surface area (Å²) in [5, 5.41) is 6.21. The van der Waals surface area contributed by atoms with Crippen LogP contribution in [0, 0.1) is 5.82 Å². The van der Waals surface area contributed by atoms with E-state index in [9.17, 15) is 12.8 Å². The van der Waals surface area contributed by atoms with Crippen molar-refractivity contribution in [3.63, 3.8) is 0 Å². The summed E-state index contributed by atoms with van der Waals surface area (Å²) in [5.41, 5.74) is 0.555. The van der Waals surface area contributed by atoms with Gasteiger partial charge >= 0.3 is 0 Å². The summed E-state index contributed by atoms with van der Waals surface area (Å²) in [6.45, 7) is 6.45. The largest absolute Gasteiger partial charge is 0.379 e. The van der Waals surface area contributed by atoms with Crippen molar-refractivity contribution in [1.29, 1.82) is 0 Å². The molecule has 160 valence electrons. The Morgan fingerprint density at radius 2 is 1.96 bits per heavy atom. The predicted molar refractivity (Wildman–Crippen MR) is 120 cm³/mol. The molecule has 0 amide bonds. The first-order valence-corrected chi connectivity index (χ1v) is 10.6. The molecule has 0 spiro atoms. The van der Waals surface area contributed by atoms with Crippen molar-refractivity contribution in [3.8, 4) is 0 Å². The minimum absolute atomic E-state index is 0. The van der Waals surface area contributed by atoms with Crippen molar-refractivity contribution in [2.45, 2.75) is 19.3 Å². The second-order valence-electron chi connectivity index (χ2n) is 7.07. The van der Waals surface area contributed by atoms with Crippen LogP contribution in [0.15, 0.2) is 29.3 Å². The predicted octanol–water partition coefficient (Wildman–Crippen LogP) is 1.55. The molecule has 0 aromatic heterocycles. The number of benzene rings is 1. The van der Waals surface area contributed by atoms with E-state index in [0.29, 0.717) is 38.8 Å². The van der Waals surface area contributed by atoms with Crippen LogP contribution in [-0.2, 0) is 20.2 Å². The van der Waals surface area contributed by atoms with Gasteiger partial charge in [0.2, 0.25) is 10.0 Å². The molecule has 1 aromatic carbocycles. The maximum absolute atomic E-state index is 13.5. The lowest BCUT2D eigenvalue weighted by molar-refractivity contribution is 0.0730. The number of aliphatic imine (C=N–C) groups is 1. The van der Waals surface area contributed by atoms with Gasteiger partial charge in [-0.15, -0.1) is 24.0 Å². The molecule has 7 nitrogen and oxygen atoms in total. The number of hydrogen-bond acceptors (Lipinski definition) is 4. The summed E-state index contributed by atoms with van der Waals surface area (Å²) in [4.78, 5) is 4.13. The van der Waals surface area contributed by atoms with Crippen LogP contribution in [0.1, 0.15) is 19.4 Å². The normalized spacial score (nSPS) is 16.4. The van der Waals surface area contributed by atoms with Crippen LogP contribution in [0.5, 0.6) is 0 Å². The van der Waals surface area contributed by atoms with Gasteiger partial charge in [0.25, 0.3) is 0 Å². The Bertz CT molecular complexity index is 753. The number of rotatable bonds is 7. The Labute approximate surface area is 184 Å². The van der Waals surface area contributed by atoms with Gasteiger partial charge in [0.15, 0.2) is 5.96 Å². The molecule has 2 N–H and O–H groups in total. The van der Waals surface area contributed by atoms with Crippen LogP contribution in [0.25, 0.3) is 0 Å². The molecule has 10 heteroatoms. The Morgan fingerprint density at radius 1 is 1.29 bits per heavy atom. The molecule has 1 saturated heterocycles. The fourth-order valence-electron chi connectivity index (χ4n) is 2.79. The second kappa shape index (κ2) is 11.3. The molecule has 2 rings (SSSR count). The van der Waals surface area contributed by atoms with Crippen LogP contribution >= 0.6 is 24.0 Å². The molecule has 0 bridgehead atoms. The molecule has 28 heavy (non-hydrogen) atoms. The fourth-order valence-corrected chi connectivity index (χ4v) is 4.11. The van der Waals surface area contributed by atoms with Gasteiger partial charge in [0.05, 0.1) is 19.0 Å². The molecule has 1 aliphatic heterocycles. The topological polar surface area (TPSA) is 83.0 Å². The molecule has 0 unspecified atom stereocenters. The minimum atomic E-state index is -3.31. The average Bonchev–Trinajstić information content (AvgIpc) is 2.65. The number of nitrogens with zero attached hydrogens (tertiary/aromatic N) is 2. The summed E-state index contributed by atoms with van der Waals surface area (Å²) in [7, 11) is -1.69. The highest BCUT2D eigenvalue weighted by Crippen LogP contribution is 2.22. The highest BCUT2D eigenvalue weighted by molar-refractivity contribution is 14.0. The van der Waals surface area contributed by atoms with Gasteiger partial charge in [-0.1, -0.05) is 26.0 Å². The molecule has 0 saturated carbocycles. The molecule has 1 aromatic rings. The van der Waals surface area contributed by atoms with Gasteiger partial charge in [-0.3, -0.25) is 4.99 Å². The van der Waals surface area contributed by atoms with Gasteiger partial charge < -0.3 is 15.4 Å². The lowest BCUT2D eigenvalue weighted by Crippen LogP contribution is -2.47. The number of ether oxygens (including phenoxy) is 1. The minimum Gasteiger partial charge on any atom is -0.379 e. The SMILES string of the molecule is CN=C(NCCS(=O)(=O)N1CCOCC1)NCC(C)(C)c1cccc(F)c1.I. The molecule has 0 aliphatic carbocycles. The fraction of sp³-hybridized carbons (Fsp3) is 0.611. The molecule has 1 fully saturated rings. The lowest BCUT2D eigenvalue weighted by Gasteiger charge is -2.27. The number of nitrogens with one attached hydrogen (secondary N) is 2. The highest BCUT2D eigenvalue weighted by atomic mass is 127. The molecule has 1 aliphatic rings. The van der Waals surface area contributed by atoms with E-state index in [1.165, 1.54) is 16.4 Å². The third-order valence-electron chi connectivity index (χ3n) is 4.54. The molecule has 1 heterocycles. The first kappa shape index (κ1) is 25.1. The van der Waals surface area contributed by atoms with Gasteiger partial charge in [-0.25, -0.2) is 12.8 Å². The van der Waals surface area contributed by atoms with Crippen molar-refractivity contribution in [3.05, 3.63) is 35.6 Å². The maximum atomic E-state index is 13.5. The number of halogens is 2. The van der Waals surface area contributed by atoms with Crippen molar-refractivity contribution < 1.29 is 17.5 Å². The van der Waals surface area contributed by atoms with Crippen LogP contribution in [0.2, 0.25) is 0 Å². The second-order valence-corrected chi connectivity index (χ2v) is 9.16. The smallest absolute Gasteiger partial charge is 0.215 e. The number of morpholine rings is 1.